The number of rotatable bonds is 7. The molecule has 0 aromatic heterocycles. The highest BCUT2D eigenvalue weighted by Crippen LogP contribution is 2.18. The first kappa shape index (κ1) is 15.0. The molecule has 0 atom stereocenters. The lowest BCUT2D eigenvalue weighted by Crippen LogP contribution is -2.41. The Morgan fingerprint density at radius 3 is 2.50 bits per heavy atom. The van der Waals surface area contributed by atoms with Crippen LogP contribution < -0.4 is 5.32 Å². The maximum Gasteiger partial charge on any atom is 0.235 e. The van der Waals surface area contributed by atoms with Crippen molar-refractivity contribution in [2.75, 3.05) is 19.3 Å². The molecule has 20 heavy (non-hydrogen) atoms. The van der Waals surface area contributed by atoms with Crippen molar-refractivity contribution in [3.63, 3.8) is 0 Å². The van der Waals surface area contributed by atoms with Gasteiger partial charge in [-0.3, -0.25) is 4.79 Å². The Kier molecular flexibility index (Phi) is 4.77. The van der Waals surface area contributed by atoms with Crippen LogP contribution in [0, 0.1) is 0 Å². The summed E-state index contributed by atoms with van der Waals surface area (Å²) in [6.07, 6.45) is 3.73. The zero-order valence-electron chi connectivity index (χ0n) is 11.6. The van der Waals surface area contributed by atoms with Gasteiger partial charge in [-0.15, -0.1) is 0 Å². The molecule has 1 amide bonds. The summed E-state index contributed by atoms with van der Waals surface area (Å²) in [5.74, 6) is -0.217. The number of hydrogen-bond acceptors (Lipinski definition) is 3. The van der Waals surface area contributed by atoms with Crippen molar-refractivity contribution in [3.8, 4) is 0 Å². The van der Waals surface area contributed by atoms with E-state index in [1.807, 2.05) is 30.3 Å². The van der Waals surface area contributed by atoms with E-state index in [9.17, 15) is 13.2 Å². The van der Waals surface area contributed by atoms with Gasteiger partial charge in [0.15, 0.2) is 0 Å². The van der Waals surface area contributed by atoms with Crippen LogP contribution in [0.4, 0.5) is 0 Å². The number of hydrogen-bond donors (Lipinski definition) is 1. The van der Waals surface area contributed by atoms with E-state index in [2.05, 4.69) is 5.32 Å². The SMILES string of the molecule is CS(=O)(=O)N(CCc1ccccc1)CC(=O)NC1CC1. The summed E-state index contributed by atoms with van der Waals surface area (Å²) in [6.45, 7) is 0.225. The lowest BCUT2D eigenvalue weighted by Gasteiger charge is -2.19. The minimum Gasteiger partial charge on any atom is -0.352 e. The van der Waals surface area contributed by atoms with Crippen molar-refractivity contribution in [3.05, 3.63) is 35.9 Å². The molecule has 1 aliphatic rings. The smallest absolute Gasteiger partial charge is 0.235 e. The number of nitrogens with one attached hydrogen (secondary N) is 1. The Labute approximate surface area is 120 Å². The van der Waals surface area contributed by atoms with E-state index in [1.165, 1.54) is 4.31 Å². The summed E-state index contributed by atoms with van der Waals surface area (Å²) in [6, 6.07) is 9.90. The highest BCUT2D eigenvalue weighted by atomic mass is 32.2. The third kappa shape index (κ3) is 4.94. The molecule has 1 fully saturated rings. The lowest BCUT2D eigenvalue weighted by atomic mass is 10.1. The Morgan fingerprint density at radius 1 is 1.30 bits per heavy atom. The van der Waals surface area contributed by atoms with E-state index in [0.29, 0.717) is 13.0 Å². The van der Waals surface area contributed by atoms with E-state index >= 15 is 0 Å². The van der Waals surface area contributed by atoms with Crippen LogP contribution in [-0.2, 0) is 21.2 Å². The monoisotopic (exact) mass is 296 g/mol. The number of nitrogens with zero attached hydrogens (tertiary/aromatic N) is 1. The first-order valence-electron chi connectivity index (χ1n) is 6.73. The van der Waals surface area contributed by atoms with Crippen LogP contribution in [0.15, 0.2) is 30.3 Å². The van der Waals surface area contributed by atoms with Crippen molar-refractivity contribution in [1.29, 1.82) is 0 Å². The first-order valence-corrected chi connectivity index (χ1v) is 8.58. The van der Waals surface area contributed by atoms with Gasteiger partial charge in [0.05, 0.1) is 12.8 Å². The van der Waals surface area contributed by atoms with Gasteiger partial charge in [0.25, 0.3) is 0 Å². The van der Waals surface area contributed by atoms with Crippen LogP contribution in [0.5, 0.6) is 0 Å². The van der Waals surface area contributed by atoms with Crippen molar-refractivity contribution < 1.29 is 13.2 Å². The summed E-state index contributed by atoms with van der Waals surface area (Å²) >= 11 is 0. The van der Waals surface area contributed by atoms with E-state index in [1.54, 1.807) is 0 Å². The molecule has 5 nitrogen and oxygen atoms in total. The molecule has 1 aliphatic carbocycles. The molecule has 110 valence electrons. The third-order valence-electron chi connectivity index (χ3n) is 3.22. The van der Waals surface area contributed by atoms with E-state index in [4.69, 9.17) is 0 Å². The van der Waals surface area contributed by atoms with Crippen LogP contribution in [-0.4, -0.2) is 44.0 Å². The Morgan fingerprint density at radius 2 is 1.95 bits per heavy atom. The minimum atomic E-state index is -3.37. The molecule has 6 heteroatoms. The van der Waals surface area contributed by atoms with Crippen molar-refractivity contribution in [2.24, 2.45) is 0 Å². The van der Waals surface area contributed by atoms with E-state index in [0.717, 1.165) is 24.7 Å². The van der Waals surface area contributed by atoms with Crippen molar-refractivity contribution in [1.82, 2.24) is 9.62 Å². The topological polar surface area (TPSA) is 66.5 Å². The van der Waals surface area contributed by atoms with Gasteiger partial charge in [0.2, 0.25) is 15.9 Å². The maximum absolute atomic E-state index is 11.7. The van der Waals surface area contributed by atoms with E-state index < -0.39 is 10.0 Å². The number of carbonyl (C=O) groups excluding carboxylic acids is 1. The van der Waals surface area contributed by atoms with Gasteiger partial charge in [-0.1, -0.05) is 30.3 Å². The fraction of sp³-hybridized carbons (Fsp3) is 0.500. The van der Waals surface area contributed by atoms with Crippen molar-refractivity contribution >= 4 is 15.9 Å². The molecule has 2 rings (SSSR count). The Bertz CT molecular complexity index is 553. The summed E-state index contributed by atoms with van der Waals surface area (Å²) in [5, 5.41) is 2.81. The van der Waals surface area contributed by atoms with Crippen LogP contribution >= 0.6 is 0 Å². The highest BCUT2D eigenvalue weighted by molar-refractivity contribution is 7.88. The normalized spacial score (nSPS) is 15.3. The third-order valence-corrected chi connectivity index (χ3v) is 4.47. The molecule has 1 saturated carbocycles. The van der Waals surface area contributed by atoms with Gasteiger partial charge in [-0.05, 0) is 24.8 Å². The second kappa shape index (κ2) is 6.37. The molecule has 0 bridgehead atoms. The Balaban J connectivity index is 1.91. The zero-order valence-corrected chi connectivity index (χ0v) is 12.4. The lowest BCUT2D eigenvalue weighted by molar-refractivity contribution is -0.121. The second-order valence-corrected chi connectivity index (χ2v) is 7.16. The largest absolute Gasteiger partial charge is 0.352 e. The first-order chi connectivity index (χ1) is 9.45. The standard InChI is InChI=1S/C14H20N2O3S/c1-20(18,19)16(11-14(17)15-13-7-8-13)10-9-12-5-3-2-4-6-12/h2-6,13H,7-11H2,1H3,(H,15,17). The van der Waals surface area contributed by atoms with Crippen LogP contribution in [0.3, 0.4) is 0 Å². The second-order valence-electron chi connectivity index (χ2n) is 5.17. The van der Waals surface area contributed by atoms with Gasteiger partial charge in [-0.25, -0.2) is 8.42 Å². The van der Waals surface area contributed by atoms with Gasteiger partial charge in [0.1, 0.15) is 0 Å². The van der Waals surface area contributed by atoms with Gasteiger partial charge in [0, 0.05) is 12.6 Å². The van der Waals surface area contributed by atoms with Gasteiger partial charge >= 0.3 is 0 Å². The predicted molar refractivity (Wildman–Crippen MR) is 77.7 cm³/mol. The van der Waals surface area contributed by atoms with Gasteiger partial charge < -0.3 is 5.32 Å². The minimum absolute atomic E-state index is 0.0951. The molecular formula is C14H20N2O3S. The molecule has 1 aromatic carbocycles. The summed E-state index contributed by atoms with van der Waals surface area (Å²) in [7, 11) is -3.37. The average molecular weight is 296 g/mol. The molecule has 0 saturated heterocycles. The number of benzene rings is 1. The molecule has 0 aliphatic heterocycles. The summed E-state index contributed by atoms with van der Waals surface area (Å²) in [5.41, 5.74) is 1.06. The Hall–Kier alpha value is -1.40. The molecule has 0 radical (unpaired) electrons. The molecule has 0 spiro atoms. The average Bonchev–Trinajstić information content (AvgIpc) is 3.18. The van der Waals surface area contributed by atoms with Gasteiger partial charge in [-0.2, -0.15) is 4.31 Å². The molecule has 1 N–H and O–H groups in total. The number of sulfonamides is 1. The number of amides is 1. The molecular weight excluding hydrogens is 276 g/mol. The highest BCUT2D eigenvalue weighted by Gasteiger charge is 2.26. The van der Waals surface area contributed by atoms with Crippen LogP contribution in [0.1, 0.15) is 18.4 Å². The summed E-state index contributed by atoms with van der Waals surface area (Å²) in [4.78, 5) is 11.7. The number of carbonyl (C=O) groups is 1. The molecule has 0 heterocycles. The fourth-order valence-electron chi connectivity index (χ4n) is 1.92. The quantitative estimate of drug-likeness (QED) is 0.808. The van der Waals surface area contributed by atoms with Crippen LogP contribution in [0.2, 0.25) is 0 Å². The van der Waals surface area contributed by atoms with E-state index in [-0.39, 0.29) is 18.5 Å². The molecule has 0 unspecified atom stereocenters. The predicted octanol–water partition coefficient (Wildman–Crippen LogP) is 0.769. The van der Waals surface area contributed by atoms with Crippen LogP contribution in [0.25, 0.3) is 0 Å². The molecule has 1 aromatic rings. The summed E-state index contributed by atoms with van der Waals surface area (Å²) < 4.78 is 24.7. The maximum atomic E-state index is 11.7. The fourth-order valence-corrected chi connectivity index (χ4v) is 2.70. The zero-order chi connectivity index (χ0) is 14.6. The van der Waals surface area contributed by atoms with Crippen molar-refractivity contribution in [2.45, 2.75) is 25.3 Å².